The van der Waals surface area contributed by atoms with Crippen molar-refractivity contribution < 1.29 is 9.59 Å². The van der Waals surface area contributed by atoms with E-state index in [0.29, 0.717) is 19.0 Å². The minimum Gasteiger partial charge on any atom is -0.338 e. The molecular weight excluding hydrogens is 278 g/mol. The van der Waals surface area contributed by atoms with Crippen LogP contribution in [-0.2, 0) is 17.8 Å². The van der Waals surface area contributed by atoms with Gasteiger partial charge in [0.2, 0.25) is 5.91 Å². The van der Waals surface area contributed by atoms with Gasteiger partial charge in [0.1, 0.15) is 0 Å². The third-order valence-corrected chi connectivity index (χ3v) is 3.88. The number of fused-ring (bicyclic) bond motifs is 1. The molecule has 5 heteroatoms. The fraction of sp³-hybridized carbons (Fsp3) is 0.529. The molecule has 0 saturated heterocycles. The summed E-state index contributed by atoms with van der Waals surface area (Å²) in [5.41, 5.74) is 3.23. The van der Waals surface area contributed by atoms with Crippen molar-refractivity contribution >= 4 is 17.6 Å². The summed E-state index contributed by atoms with van der Waals surface area (Å²) < 4.78 is 0. The number of hydrogen-bond donors (Lipinski definition) is 2. The van der Waals surface area contributed by atoms with Crippen molar-refractivity contribution in [2.24, 2.45) is 5.92 Å². The number of rotatable bonds is 5. The van der Waals surface area contributed by atoms with E-state index in [4.69, 9.17) is 0 Å². The van der Waals surface area contributed by atoms with E-state index in [1.54, 1.807) is 11.8 Å². The summed E-state index contributed by atoms with van der Waals surface area (Å²) in [5.74, 6) is 0.662. The van der Waals surface area contributed by atoms with Crippen LogP contribution in [0.3, 0.4) is 0 Å². The van der Waals surface area contributed by atoms with Gasteiger partial charge in [-0.3, -0.25) is 4.79 Å². The van der Waals surface area contributed by atoms with Crippen molar-refractivity contribution in [1.29, 1.82) is 0 Å². The van der Waals surface area contributed by atoms with Gasteiger partial charge in [0.05, 0.1) is 0 Å². The number of benzene rings is 1. The van der Waals surface area contributed by atoms with E-state index >= 15 is 0 Å². The smallest absolute Gasteiger partial charge is 0.315 e. The van der Waals surface area contributed by atoms with E-state index in [9.17, 15) is 9.59 Å². The third-order valence-electron chi connectivity index (χ3n) is 3.88. The van der Waals surface area contributed by atoms with Crippen LogP contribution in [0.25, 0.3) is 0 Å². The number of nitrogens with zero attached hydrogens (tertiary/aromatic N) is 1. The minimum atomic E-state index is -0.133. The molecule has 0 bridgehead atoms. The summed E-state index contributed by atoms with van der Waals surface area (Å²) in [6, 6.07) is 5.88. The van der Waals surface area contributed by atoms with Gasteiger partial charge in [-0.15, -0.1) is 0 Å². The van der Waals surface area contributed by atoms with Crippen LogP contribution in [0.1, 0.15) is 38.3 Å². The molecule has 3 amide bonds. The highest BCUT2D eigenvalue weighted by molar-refractivity contribution is 5.93. The minimum absolute atomic E-state index is 0.0779. The molecule has 22 heavy (non-hydrogen) atoms. The second kappa shape index (κ2) is 7.29. The molecule has 0 fully saturated rings. The number of carbonyl (C=O) groups is 2. The zero-order chi connectivity index (χ0) is 16.1. The summed E-state index contributed by atoms with van der Waals surface area (Å²) in [6.07, 6.45) is 1.86. The molecule has 1 aliphatic rings. The highest BCUT2D eigenvalue weighted by Gasteiger charge is 2.21. The molecule has 1 heterocycles. The zero-order valence-corrected chi connectivity index (χ0v) is 13.6. The Kier molecular flexibility index (Phi) is 5.41. The lowest BCUT2D eigenvalue weighted by molar-refractivity contribution is -0.116. The highest BCUT2D eigenvalue weighted by Crippen LogP contribution is 2.28. The number of carbonyl (C=O) groups excluding carboxylic acids is 2. The Balaban J connectivity index is 1.85. The van der Waals surface area contributed by atoms with Gasteiger partial charge < -0.3 is 15.5 Å². The third kappa shape index (κ3) is 4.23. The first kappa shape index (κ1) is 16.3. The Labute approximate surface area is 132 Å². The van der Waals surface area contributed by atoms with Crippen molar-refractivity contribution in [2.45, 2.75) is 40.2 Å². The van der Waals surface area contributed by atoms with Crippen molar-refractivity contribution in [3.8, 4) is 0 Å². The predicted octanol–water partition coefficient (Wildman–Crippen LogP) is 2.44. The van der Waals surface area contributed by atoms with Gasteiger partial charge >= 0.3 is 6.03 Å². The standard InChI is InChI=1S/C17H25N3O2/c1-12(2)6-8-18-17(22)19-11-14-4-5-16-15(10-14)7-9-20(16)13(3)21/h4-5,10,12H,6-9,11H2,1-3H3,(H2,18,19,22). The van der Waals surface area contributed by atoms with Crippen molar-refractivity contribution in [3.05, 3.63) is 29.3 Å². The molecule has 0 unspecified atom stereocenters. The second-order valence-electron chi connectivity index (χ2n) is 6.18. The lowest BCUT2D eigenvalue weighted by Crippen LogP contribution is -2.35. The van der Waals surface area contributed by atoms with Gasteiger partial charge in [0.15, 0.2) is 0 Å². The first-order valence-corrected chi connectivity index (χ1v) is 7.89. The first-order valence-electron chi connectivity index (χ1n) is 7.89. The molecule has 0 atom stereocenters. The summed E-state index contributed by atoms with van der Waals surface area (Å²) in [5, 5.41) is 5.72. The van der Waals surface area contributed by atoms with E-state index in [-0.39, 0.29) is 11.9 Å². The molecule has 120 valence electrons. The molecule has 5 nitrogen and oxygen atoms in total. The summed E-state index contributed by atoms with van der Waals surface area (Å²) in [6.45, 7) is 7.80. The normalized spacial score (nSPS) is 13.2. The largest absolute Gasteiger partial charge is 0.338 e. The van der Waals surface area contributed by atoms with Gasteiger partial charge in [-0.25, -0.2) is 4.79 Å². The number of nitrogens with one attached hydrogen (secondary N) is 2. The molecule has 0 aliphatic carbocycles. The highest BCUT2D eigenvalue weighted by atomic mass is 16.2. The Morgan fingerprint density at radius 3 is 2.73 bits per heavy atom. The predicted molar refractivity (Wildman–Crippen MR) is 87.9 cm³/mol. The molecule has 0 aromatic heterocycles. The monoisotopic (exact) mass is 303 g/mol. The second-order valence-corrected chi connectivity index (χ2v) is 6.18. The first-order chi connectivity index (χ1) is 10.5. The number of amides is 3. The van der Waals surface area contributed by atoms with Crippen molar-refractivity contribution in [1.82, 2.24) is 10.6 Å². The van der Waals surface area contributed by atoms with Gasteiger partial charge in [-0.2, -0.15) is 0 Å². The molecule has 0 radical (unpaired) electrons. The van der Waals surface area contributed by atoms with Gasteiger partial charge in [0.25, 0.3) is 0 Å². The maximum absolute atomic E-state index is 11.7. The average Bonchev–Trinajstić information content (AvgIpc) is 2.88. The van der Waals surface area contributed by atoms with E-state index in [2.05, 4.69) is 30.5 Å². The molecule has 0 saturated carbocycles. The van der Waals surface area contributed by atoms with Gasteiger partial charge in [-0.1, -0.05) is 26.0 Å². The summed E-state index contributed by atoms with van der Waals surface area (Å²) in [4.78, 5) is 25.0. The quantitative estimate of drug-likeness (QED) is 0.877. The van der Waals surface area contributed by atoms with E-state index in [0.717, 1.165) is 30.6 Å². The van der Waals surface area contributed by atoms with Gasteiger partial charge in [-0.05, 0) is 36.0 Å². The summed E-state index contributed by atoms with van der Waals surface area (Å²) in [7, 11) is 0. The lowest BCUT2D eigenvalue weighted by Gasteiger charge is -2.15. The molecule has 1 aliphatic heterocycles. The Hall–Kier alpha value is -2.04. The van der Waals surface area contributed by atoms with Crippen LogP contribution in [0.2, 0.25) is 0 Å². The Morgan fingerprint density at radius 2 is 2.05 bits per heavy atom. The number of anilines is 1. The van der Waals surface area contributed by atoms with Crippen LogP contribution >= 0.6 is 0 Å². The van der Waals surface area contributed by atoms with Crippen LogP contribution < -0.4 is 15.5 Å². The SMILES string of the molecule is CC(=O)N1CCc2cc(CNC(=O)NCCC(C)C)ccc21. The number of hydrogen-bond acceptors (Lipinski definition) is 2. The molecule has 1 aromatic rings. The maximum atomic E-state index is 11.7. The molecule has 0 spiro atoms. The number of urea groups is 1. The summed E-state index contributed by atoms with van der Waals surface area (Å²) >= 11 is 0. The van der Waals surface area contributed by atoms with E-state index in [1.165, 1.54) is 5.56 Å². The van der Waals surface area contributed by atoms with Crippen LogP contribution in [0.5, 0.6) is 0 Å². The van der Waals surface area contributed by atoms with Crippen molar-refractivity contribution in [3.63, 3.8) is 0 Å². The van der Waals surface area contributed by atoms with E-state index in [1.807, 2.05) is 12.1 Å². The average molecular weight is 303 g/mol. The molecule has 1 aromatic carbocycles. The van der Waals surface area contributed by atoms with Crippen LogP contribution in [0, 0.1) is 5.92 Å². The van der Waals surface area contributed by atoms with Crippen LogP contribution in [0.4, 0.5) is 10.5 Å². The van der Waals surface area contributed by atoms with E-state index < -0.39 is 0 Å². The molecular formula is C17H25N3O2. The fourth-order valence-electron chi connectivity index (χ4n) is 2.61. The lowest BCUT2D eigenvalue weighted by atomic mass is 10.1. The zero-order valence-electron chi connectivity index (χ0n) is 13.6. The van der Waals surface area contributed by atoms with Crippen LogP contribution in [0.15, 0.2) is 18.2 Å². The fourth-order valence-corrected chi connectivity index (χ4v) is 2.61. The maximum Gasteiger partial charge on any atom is 0.315 e. The Morgan fingerprint density at radius 1 is 1.27 bits per heavy atom. The van der Waals surface area contributed by atoms with Crippen LogP contribution in [-0.4, -0.2) is 25.0 Å². The molecule has 2 rings (SSSR count). The van der Waals surface area contributed by atoms with Crippen molar-refractivity contribution in [2.75, 3.05) is 18.0 Å². The Bertz CT molecular complexity index is 555. The molecule has 2 N–H and O–H groups in total. The van der Waals surface area contributed by atoms with Gasteiger partial charge in [0, 0.05) is 32.2 Å². The topological polar surface area (TPSA) is 61.4 Å².